The van der Waals surface area contributed by atoms with Gasteiger partial charge in [0.05, 0.1) is 16.9 Å². The molecule has 1 fully saturated rings. The van der Waals surface area contributed by atoms with E-state index in [1.54, 1.807) is 4.90 Å². The van der Waals surface area contributed by atoms with Gasteiger partial charge in [0.2, 0.25) is 10.0 Å². The zero-order valence-electron chi connectivity index (χ0n) is 19.5. The Morgan fingerprint density at radius 1 is 1.12 bits per heavy atom. The number of ether oxygens (including phenoxy) is 2. The minimum atomic E-state index is -3.96. The Bertz CT molecular complexity index is 1150. The Labute approximate surface area is 199 Å². The minimum absolute atomic E-state index is 0.0192. The number of benzene rings is 2. The summed E-state index contributed by atoms with van der Waals surface area (Å²) in [6.45, 7) is 4.62. The van der Waals surface area contributed by atoms with Gasteiger partial charge in [-0.15, -0.1) is 0 Å². The van der Waals surface area contributed by atoms with Gasteiger partial charge in [0.15, 0.2) is 12.4 Å². The Balaban J connectivity index is 1.62. The van der Waals surface area contributed by atoms with Crippen LogP contribution < -0.4 is 9.47 Å². The van der Waals surface area contributed by atoms with Crippen LogP contribution >= 0.6 is 0 Å². The molecule has 0 bridgehead atoms. The quantitative estimate of drug-likeness (QED) is 0.391. The molecular formula is C23H29N3O7S. The number of nitro groups is 1. The fraction of sp³-hybridized carbons (Fsp3) is 0.435. The summed E-state index contributed by atoms with van der Waals surface area (Å²) < 4.78 is 38.0. The van der Waals surface area contributed by atoms with Gasteiger partial charge in [-0.25, -0.2) is 8.42 Å². The molecule has 1 unspecified atom stereocenters. The van der Waals surface area contributed by atoms with Crippen molar-refractivity contribution in [1.82, 2.24) is 9.21 Å². The van der Waals surface area contributed by atoms with E-state index in [1.165, 1.54) is 23.5 Å². The van der Waals surface area contributed by atoms with Gasteiger partial charge in [0.1, 0.15) is 5.75 Å². The number of rotatable bonds is 9. The van der Waals surface area contributed by atoms with E-state index in [-0.39, 0.29) is 49.3 Å². The van der Waals surface area contributed by atoms with Gasteiger partial charge in [0, 0.05) is 32.2 Å². The normalized spacial score (nSPS) is 15.6. The number of piperazine rings is 1. The highest BCUT2D eigenvalue weighted by Gasteiger charge is 2.32. The number of nitrogens with zero attached hydrogens (tertiary/aromatic N) is 3. The molecule has 1 amide bonds. The highest BCUT2D eigenvalue weighted by atomic mass is 32.2. The fourth-order valence-corrected chi connectivity index (χ4v) is 5.21. The Hall–Kier alpha value is -3.18. The zero-order chi connectivity index (χ0) is 24.9. The zero-order valence-corrected chi connectivity index (χ0v) is 20.3. The smallest absolute Gasteiger partial charge is 0.312 e. The first-order valence-corrected chi connectivity index (χ1v) is 12.4. The molecule has 34 heavy (non-hydrogen) atoms. The van der Waals surface area contributed by atoms with Crippen molar-refractivity contribution in [2.24, 2.45) is 0 Å². The first kappa shape index (κ1) is 25.4. The molecule has 0 aromatic heterocycles. The van der Waals surface area contributed by atoms with Crippen molar-refractivity contribution in [3.8, 4) is 11.5 Å². The summed E-state index contributed by atoms with van der Waals surface area (Å²) in [4.78, 5) is 24.6. The van der Waals surface area contributed by atoms with Crippen molar-refractivity contribution < 1.29 is 27.6 Å². The summed E-state index contributed by atoms with van der Waals surface area (Å²) in [6, 6.07) is 11.2. The fourth-order valence-electron chi connectivity index (χ4n) is 3.77. The average Bonchev–Trinajstić information content (AvgIpc) is 2.86. The number of para-hydroxylation sites is 1. The van der Waals surface area contributed by atoms with Crippen LogP contribution in [0.3, 0.4) is 0 Å². The van der Waals surface area contributed by atoms with Gasteiger partial charge in [-0.2, -0.15) is 4.31 Å². The van der Waals surface area contributed by atoms with Crippen LogP contribution in [-0.2, 0) is 14.8 Å². The van der Waals surface area contributed by atoms with Crippen molar-refractivity contribution in [3.05, 3.63) is 58.1 Å². The van der Waals surface area contributed by atoms with Crippen molar-refractivity contribution >= 4 is 21.6 Å². The first-order valence-electron chi connectivity index (χ1n) is 11.0. The molecule has 0 radical (unpaired) electrons. The number of nitro benzene ring substituents is 1. The molecule has 3 rings (SSSR count). The molecule has 2 aromatic rings. The van der Waals surface area contributed by atoms with Crippen LogP contribution in [0.4, 0.5) is 5.69 Å². The van der Waals surface area contributed by atoms with E-state index in [1.807, 2.05) is 24.3 Å². The van der Waals surface area contributed by atoms with Crippen molar-refractivity contribution in [2.45, 2.75) is 31.1 Å². The van der Waals surface area contributed by atoms with Gasteiger partial charge in [-0.05, 0) is 36.1 Å². The summed E-state index contributed by atoms with van der Waals surface area (Å²) in [5.74, 6) is 0.728. The van der Waals surface area contributed by atoms with Gasteiger partial charge < -0.3 is 14.4 Å². The molecule has 1 aliphatic rings. The van der Waals surface area contributed by atoms with E-state index in [2.05, 4.69) is 13.8 Å². The number of methoxy groups -OCH3 is 1. The highest BCUT2D eigenvalue weighted by molar-refractivity contribution is 7.89. The lowest BCUT2D eigenvalue weighted by molar-refractivity contribution is -0.386. The standard InChI is InChI=1S/C23H29N3O7S/c1-4-17(2)19-7-5-6-8-21(19)33-16-23(27)24-11-13-25(14-12-24)34(30,31)18-9-10-22(32-3)20(15-18)26(28)29/h5-10,15,17H,4,11-14,16H2,1-3H3. The monoisotopic (exact) mass is 491 g/mol. The molecule has 11 heteroatoms. The molecule has 0 spiro atoms. The number of carbonyl (C=O) groups is 1. The van der Waals surface area contributed by atoms with Crippen LogP contribution in [0.1, 0.15) is 31.7 Å². The third-order valence-electron chi connectivity index (χ3n) is 5.99. The number of amides is 1. The number of carbonyl (C=O) groups excluding carboxylic acids is 1. The van der Waals surface area contributed by atoms with Crippen LogP contribution in [-0.4, -0.2) is 68.3 Å². The molecule has 1 saturated heterocycles. The Morgan fingerprint density at radius 2 is 1.79 bits per heavy atom. The maximum Gasteiger partial charge on any atom is 0.312 e. The predicted octanol–water partition coefficient (Wildman–Crippen LogP) is 3.03. The van der Waals surface area contributed by atoms with Crippen molar-refractivity contribution in [3.63, 3.8) is 0 Å². The minimum Gasteiger partial charge on any atom is -0.490 e. The molecule has 0 N–H and O–H groups in total. The summed E-state index contributed by atoms with van der Waals surface area (Å²) in [7, 11) is -2.68. The molecule has 10 nitrogen and oxygen atoms in total. The molecule has 2 aromatic carbocycles. The van der Waals surface area contributed by atoms with E-state index in [0.29, 0.717) is 11.7 Å². The van der Waals surface area contributed by atoms with Crippen LogP contribution in [0.5, 0.6) is 11.5 Å². The summed E-state index contributed by atoms with van der Waals surface area (Å²) in [6.07, 6.45) is 0.947. The molecule has 0 saturated carbocycles. The molecule has 1 atom stereocenters. The lowest BCUT2D eigenvalue weighted by Crippen LogP contribution is -2.51. The lowest BCUT2D eigenvalue weighted by atomic mass is 9.98. The number of hydrogen-bond donors (Lipinski definition) is 0. The van der Waals surface area contributed by atoms with Gasteiger partial charge >= 0.3 is 5.69 Å². The SMILES string of the molecule is CCC(C)c1ccccc1OCC(=O)N1CCN(S(=O)(=O)c2ccc(OC)c([N+](=O)[O-])c2)CC1. The van der Waals surface area contributed by atoms with Crippen molar-refractivity contribution in [1.29, 1.82) is 0 Å². The van der Waals surface area contributed by atoms with E-state index in [4.69, 9.17) is 9.47 Å². The number of hydrogen-bond acceptors (Lipinski definition) is 7. The molecule has 1 heterocycles. The van der Waals surface area contributed by atoms with E-state index in [0.717, 1.165) is 18.1 Å². The topological polar surface area (TPSA) is 119 Å². The van der Waals surface area contributed by atoms with E-state index < -0.39 is 20.6 Å². The van der Waals surface area contributed by atoms with Crippen LogP contribution in [0.15, 0.2) is 47.4 Å². The summed E-state index contributed by atoms with van der Waals surface area (Å²) >= 11 is 0. The molecule has 0 aliphatic carbocycles. The molecule has 184 valence electrons. The highest BCUT2D eigenvalue weighted by Crippen LogP contribution is 2.31. The van der Waals surface area contributed by atoms with Gasteiger partial charge in [-0.3, -0.25) is 14.9 Å². The van der Waals surface area contributed by atoms with Crippen LogP contribution in [0.2, 0.25) is 0 Å². The second-order valence-corrected chi connectivity index (χ2v) is 9.95. The largest absolute Gasteiger partial charge is 0.490 e. The Morgan fingerprint density at radius 3 is 2.41 bits per heavy atom. The first-order chi connectivity index (χ1) is 16.2. The maximum absolute atomic E-state index is 13.0. The van der Waals surface area contributed by atoms with Crippen LogP contribution in [0, 0.1) is 10.1 Å². The summed E-state index contributed by atoms with van der Waals surface area (Å²) in [5, 5.41) is 11.3. The second kappa shape index (κ2) is 10.8. The lowest BCUT2D eigenvalue weighted by Gasteiger charge is -2.34. The summed E-state index contributed by atoms with van der Waals surface area (Å²) in [5.41, 5.74) is 0.620. The Kier molecular flexibility index (Phi) is 8.11. The second-order valence-electron chi connectivity index (χ2n) is 8.01. The molecule has 1 aliphatic heterocycles. The van der Waals surface area contributed by atoms with E-state index in [9.17, 15) is 23.3 Å². The number of sulfonamides is 1. The van der Waals surface area contributed by atoms with Crippen molar-refractivity contribution in [2.75, 3.05) is 39.9 Å². The van der Waals surface area contributed by atoms with Crippen LogP contribution in [0.25, 0.3) is 0 Å². The van der Waals surface area contributed by atoms with Gasteiger partial charge in [-0.1, -0.05) is 32.0 Å². The molecular weight excluding hydrogens is 462 g/mol. The van der Waals surface area contributed by atoms with E-state index >= 15 is 0 Å². The third-order valence-corrected chi connectivity index (χ3v) is 7.88. The maximum atomic E-state index is 13.0. The van der Waals surface area contributed by atoms with Gasteiger partial charge in [0.25, 0.3) is 5.91 Å². The third kappa shape index (κ3) is 5.48. The predicted molar refractivity (Wildman–Crippen MR) is 126 cm³/mol. The average molecular weight is 492 g/mol.